The van der Waals surface area contributed by atoms with E-state index in [1.807, 2.05) is 0 Å². The maximum Gasteiger partial charge on any atom is 0.308 e. The number of carboxylic acids is 1. The summed E-state index contributed by atoms with van der Waals surface area (Å²) in [5, 5.41) is 8.91. The molecule has 0 spiro atoms. The minimum atomic E-state index is -0.850. The number of carbonyl (C=O) groups excluding carboxylic acids is 1. The number of nitrogens with zero attached hydrogens (tertiary/aromatic N) is 1. The molecule has 4 heteroatoms. The summed E-state index contributed by atoms with van der Waals surface area (Å²) in [5.74, 6) is -0.652. The highest BCUT2D eigenvalue weighted by Crippen LogP contribution is 2.42. The number of hydrogen-bond donors (Lipinski definition) is 1. The molecule has 3 unspecified atom stereocenters. The fourth-order valence-electron chi connectivity index (χ4n) is 3.42. The van der Waals surface area contributed by atoms with Gasteiger partial charge in [0.05, 0.1) is 5.92 Å². The molecule has 0 aliphatic heterocycles. The van der Waals surface area contributed by atoms with E-state index in [9.17, 15) is 9.59 Å². The Balaban J connectivity index is 2.63. The third kappa shape index (κ3) is 4.51. The van der Waals surface area contributed by atoms with Gasteiger partial charge in [0.25, 0.3) is 0 Å². The van der Waals surface area contributed by atoms with E-state index in [4.69, 9.17) is 5.11 Å². The first-order chi connectivity index (χ1) is 8.62. The molecule has 1 N–H and O–H groups in total. The Kier molecular flexibility index (Phi) is 4.99. The lowest BCUT2D eigenvalue weighted by Crippen LogP contribution is -2.41. The van der Waals surface area contributed by atoms with Crippen molar-refractivity contribution in [3.63, 3.8) is 0 Å². The highest BCUT2D eigenvalue weighted by atomic mass is 16.4. The molecule has 0 heterocycles. The van der Waals surface area contributed by atoms with Crippen LogP contribution in [0.15, 0.2) is 0 Å². The molecule has 0 saturated heterocycles. The van der Waals surface area contributed by atoms with Crippen LogP contribution in [0, 0.1) is 23.2 Å². The fourth-order valence-corrected chi connectivity index (χ4v) is 3.42. The van der Waals surface area contributed by atoms with Gasteiger partial charge in [0.2, 0.25) is 5.91 Å². The van der Waals surface area contributed by atoms with Crippen molar-refractivity contribution >= 4 is 11.9 Å². The van der Waals surface area contributed by atoms with Crippen molar-refractivity contribution in [1.29, 1.82) is 0 Å². The minimum Gasteiger partial charge on any atom is -0.481 e. The topological polar surface area (TPSA) is 57.6 Å². The van der Waals surface area contributed by atoms with Crippen LogP contribution >= 0.6 is 0 Å². The first-order valence-corrected chi connectivity index (χ1v) is 7.10. The molecule has 1 saturated carbocycles. The Morgan fingerprint density at radius 2 is 1.95 bits per heavy atom. The first-order valence-electron chi connectivity index (χ1n) is 7.10. The van der Waals surface area contributed by atoms with Gasteiger partial charge in [-0.25, -0.2) is 0 Å². The predicted octanol–water partition coefficient (Wildman–Crippen LogP) is 2.63. The monoisotopic (exact) mass is 269 g/mol. The predicted molar refractivity (Wildman–Crippen MR) is 74.7 cm³/mol. The molecule has 3 atom stereocenters. The highest BCUT2D eigenvalue weighted by molar-refractivity contribution is 5.79. The van der Waals surface area contributed by atoms with Crippen molar-refractivity contribution in [3.8, 4) is 0 Å². The molecule has 0 aromatic rings. The zero-order chi connectivity index (χ0) is 14.8. The third-order valence-corrected chi connectivity index (χ3v) is 4.08. The molecule has 110 valence electrons. The van der Waals surface area contributed by atoms with E-state index in [1.54, 1.807) is 18.9 Å². The van der Waals surface area contributed by atoms with E-state index in [0.29, 0.717) is 12.5 Å². The summed E-state index contributed by atoms with van der Waals surface area (Å²) in [4.78, 5) is 24.9. The number of hydrogen-bond acceptors (Lipinski definition) is 2. The quantitative estimate of drug-likeness (QED) is 0.853. The van der Waals surface area contributed by atoms with Crippen molar-refractivity contribution in [2.24, 2.45) is 23.2 Å². The lowest BCUT2D eigenvalue weighted by molar-refractivity contribution is -0.144. The van der Waals surface area contributed by atoms with Crippen molar-refractivity contribution in [1.82, 2.24) is 4.90 Å². The second kappa shape index (κ2) is 5.93. The Morgan fingerprint density at radius 1 is 1.37 bits per heavy atom. The average Bonchev–Trinajstić information content (AvgIpc) is 2.24. The molecule has 0 bridgehead atoms. The van der Waals surface area contributed by atoms with E-state index in [1.165, 1.54) is 0 Å². The zero-order valence-electron chi connectivity index (χ0n) is 12.8. The lowest BCUT2D eigenvalue weighted by atomic mass is 9.67. The van der Waals surface area contributed by atoms with Crippen LogP contribution in [-0.4, -0.2) is 35.5 Å². The van der Waals surface area contributed by atoms with Gasteiger partial charge in [0.1, 0.15) is 0 Å². The van der Waals surface area contributed by atoms with Gasteiger partial charge in [-0.3, -0.25) is 9.59 Å². The van der Waals surface area contributed by atoms with Crippen molar-refractivity contribution in [2.45, 2.75) is 47.0 Å². The molecular formula is C15H27NO3. The van der Waals surface area contributed by atoms with Gasteiger partial charge in [-0.05, 0) is 30.6 Å². The Labute approximate surface area is 116 Å². The van der Waals surface area contributed by atoms with Gasteiger partial charge in [-0.1, -0.05) is 27.7 Å². The summed E-state index contributed by atoms with van der Waals surface area (Å²) < 4.78 is 0. The number of amides is 1. The van der Waals surface area contributed by atoms with E-state index in [2.05, 4.69) is 20.8 Å². The number of carbonyl (C=O) groups is 2. The maximum atomic E-state index is 12.4. The molecule has 1 amide bonds. The lowest BCUT2D eigenvalue weighted by Gasteiger charge is -2.39. The van der Waals surface area contributed by atoms with Gasteiger partial charge in [-0.2, -0.15) is 0 Å². The largest absolute Gasteiger partial charge is 0.481 e. The van der Waals surface area contributed by atoms with Crippen molar-refractivity contribution in [2.75, 3.05) is 13.6 Å². The van der Waals surface area contributed by atoms with Crippen LogP contribution in [0.1, 0.15) is 47.0 Å². The summed E-state index contributed by atoms with van der Waals surface area (Å²) in [6, 6.07) is 0. The van der Waals surface area contributed by atoms with Crippen LogP contribution in [0.5, 0.6) is 0 Å². The maximum absolute atomic E-state index is 12.4. The van der Waals surface area contributed by atoms with Crippen LogP contribution in [0.25, 0.3) is 0 Å². The Morgan fingerprint density at radius 3 is 2.42 bits per heavy atom. The molecule has 1 fully saturated rings. The third-order valence-electron chi connectivity index (χ3n) is 4.08. The number of rotatable bonds is 4. The van der Waals surface area contributed by atoms with E-state index in [-0.39, 0.29) is 17.2 Å². The SMILES string of the molecule is CC1CC(C(=O)N(C)CC(C)C(=O)O)CC(C)(C)C1. The number of carboxylic acid groups (broad SMARTS) is 1. The molecule has 1 aliphatic rings. The smallest absolute Gasteiger partial charge is 0.308 e. The standard InChI is InChI=1S/C15H27NO3/c1-10-6-12(8-15(3,4)7-10)13(17)16(5)9-11(2)14(18)19/h10-12H,6-9H2,1-5H3,(H,18,19). The zero-order valence-corrected chi connectivity index (χ0v) is 12.8. The summed E-state index contributed by atoms with van der Waals surface area (Å²) >= 11 is 0. The molecule has 0 radical (unpaired) electrons. The van der Waals surface area contributed by atoms with E-state index >= 15 is 0 Å². The van der Waals surface area contributed by atoms with Crippen LogP contribution in [0.3, 0.4) is 0 Å². The van der Waals surface area contributed by atoms with E-state index < -0.39 is 11.9 Å². The van der Waals surface area contributed by atoms with Gasteiger partial charge in [0, 0.05) is 19.5 Å². The normalized spacial score (nSPS) is 27.6. The fraction of sp³-hybridized carbons (Fsp3) is 0.867. The van der Waals surface area contributed by atoms with E-state index in [0.717, 1.165) is 19.3 Å². The molecule has 19 heavy (non-hydrogen) atoms. The van der Waals surface area contributed by atoms with Gasteiger partial charge in [-0.15, -0.1) is 0 Å². The second-order valence-corrected chi connectivity index (χ2v) is 7.07. The van der Waals surface area contributed by atoms with Crippen LogP contribution in [-0.2, 0) is 9.59 Å². The van der Waals surface area contributed by atoms with Gasteiger partial charge >= 0.3 is 5.97 Å². The highest BCUT2D eigenvalue weighted by Gasteiger charge is 2.36. The summed E-state index contributed by atoms with van der Waals surface area (Å²) in [6.45, 7) is 8.55. The van der Waals surface area contributed by atoms with Crippen molar-refractivity contribution < 1.29 is 14.7 Å². The Hall–Kier alpha value is -1.06. The average molecular weight is 269 g/mol. The van der Waals surface area contributed by atoms with Gasteiger partial charge < -0.3 is 10.0 Å². The second-order valence-electron chi connectivity index (χ2n) is 7.07. The Bertz CT molecular complexity index is 351. The molecule has 1 aliphatic carbocycles. The summed E-state index contributed by atoms with van der Waals surface area (Å²) in [5.41, 5.74) is 0.206. The molecule has 0 aromatic carbocycles. The van der Waals surface area contributed by atoms with Crippen LogP contribution < -0.4 is 0 Å². The summed E-state index contributed by atoms with van der Waals surface area (Å²) in [7, 11) is 1.72. The molecule has 4 nitrogen and oxygen atoms in total. The first kappa shape index (κ1) is 16.0. The summed E-state index contributed by atoms with van der Waals surface area (Å²) in [6.07, 6.45) is 2.99. The number of aliphatic carboxylic acids is 1. The molecular weight excluding hydrogens is 242 g/mol. The van der Waals surface area contributed by atoms with Gasteiger partial charge in [0.15, 0.2) is 0 Å². The van der Waals surface area contributed by atoms with Crippen LogP contribution in [0.4, 0.5) is 0 Å². The molecule has 1 rings (SSSR count). The minimum absolute atomic E-state index is 0.0461. The van der Waals surface area contributed by atoms with Crippen molar-refractivity contribution in [3.05, 3.63) is 0 Å². The molecule has 0 aromatic heterocycles. The van der Waals surface area contributed by atoms with Crippen LogP contribution in [0.2, 0.25) is 0 Å².